The average molecular weight is 437 g/mol. The van der Waals surface area contributed by atoms with E-state index in [1.165, 1.54) is 11.1 Å². The van der Waals surface area contributed by atoms with Crippen molar-refractivity contribution in [2.45, 2.75) is 18.9 Å². The van der Waals surface area contributed by atoms with Gasteiger partial charge in [-0.15, -0.1) is 0 Å². The number of rotatable bonds is 3. The molecule has 2 aromatic heterocycles. The maximum absolute atomic E-state index is 13.1. The molecule has 150 valence electrons. The van der Waals surface area contributed by atoms with Gasteiger partial charge in [0.1, 0.15) is 5.52 Å². The van der Waals surface area contributed by atoms with Crippen LogP contribution in [-0.4, -0.2) is 20.4 Å². The third kappa shape index (κ3) is 3.06. The van der Waals surface area contributed by atoms with Gasteiger partial charge in [0.2, 0.25) is 5.82 Å². The van der Waals surface area contributed by atoms with Crippen molar-refractivity contribution in [1.29, 1.82) is 0 Å². The van der Waals surface area contributed by atoms with Crippen LogP contribution in [0.15, 0.2) is 54.7 Å². The number of aromatic nitrogens is 3. The highest BCUT2D eigenvalue weighted by Crippen LogP contribution is 2.36. The lowest BCUT2D eigenvalue weighted by atomic mass is 10.1. The predicted octanol–water partition coefficient (Wildman–Crippen LogP) is 5.36. The fraction of sp³-hybridized carbons (Fsp3) is 0.174. The van der Waals surface area contributed by atoms with Gasteiger partial charge in [-0.3, -0.25) is 4.79 Å². The van der Waals surface area contributed by atoms with Gasteiger partial charge in [-0.1, -0.05) is 59.6 Å². The second-order valence-corrected chi connectivity index (χ2v) is 8.18. The molecule has 1 N–H and O–H groups in total. The smallest absolute Gasteiger partial charge is 0.287 e. The normalized spacial score (nSPS) is 15.4. The van der Waals surface area contributed by atoms with Crippen LogP contribution in [0.1, 0.15) is 34.2 Å². The van der Waals surface area contributed by atoms with Crippen LogP contribution in [0.3, 0.4) is 0 Å². The highest BCUT2D eigenvalue weighted by atomic mass is 35.5. The average Bonchev–Trinajstić information content (AvgIpc) is 3.31. The minimum absolute atomic E-state index is 0.0108. The van der Waals surface area contributed by atoms with Crippen molar-refractivity contribution in [3.63, 3.8) is 0 Å². The Labute approximate surface area is 183 Å². The van der Waals surface area contributed by atoms with Gasteiger partial charge in [-0.25, -0.2) is 9.97 Å². The summed E-state index contributed by atoms with van der Waals surface area (Å²) in [7, 11) is 1.79. The molecule has 2 heterocycles. The molecule has 0 spiro atoms. The quantitative estimate of drug-likeness (QED) is 0.470. The zero-order chi connectivity index (χ0) is 20.8. The van der Waals surface area contributed by atoms with Crippen LogP contribution in [0.25, 0.3) is 22.3 Å². The number of imidazole rings is 1. The first-order chi connectivity index (χ1) is 14.5. The fourth-order valence-electron chi connectivity index (χ4n) is 4.14. The number of nitrogens with zero attached hydrogens (tertiary/aromatic N) is 3. The molecule has 1 aliphatic rings. The molecule has 2 aromatic carbocycles. The van der Waals surface area contributed by atoms with Crippen molar-refractivity contribution < 1.29 is 4.79 Å². The van der Waals surface area contributed by atoms with Crippen LogP contribution in [0.5, 0.6) is 0 Å². The van der Waals surface area contributed by atoms with Crippen LogP contribution in [-0.2, 0) is 13.5 Å². The predicted molar refractivity (Wildman–Crippen MR) is 119 cm³/mol. The first kappa shape index (κ1) is 19.1. The number of carbonyl (C=O) groups is 1. The summed E-state index contributed by atoms with van der Waals surface area (Å²) in [6.07, 6.45) is 3.53. The van der Waals surface area contributed by atoms with Gasteiger partial charge in [0.15, 0.2) is 5.65 Å². The third-order valence-corrected chi connectivity index (χ3v) is 6.46. The second kappa shape index (κ2) is 7.42. The van der Waals surface area contributed by atoms with Crippen molar-refractivity contribution >= 4 is 40.3 Å². The van der Waals surface area contributed by atoms with Crippen molar-refractivity contribution in [3.8, 4) is 11.1 Å². The van der Waals surface area contributed by atoms with Crippen LogP contribution in [0, 0.1) is 0 Å². The molecule has 0 saturated heterocycles. The molecule has 0 radical (unpaired) electrons. The fourth-order valence-corrected chi connectivity index (χ4v) is 4.54. The Morgan fingerprint density at radius 2 is 1.93 bits per heavy atom. The Kier molecular flexibility index (Phi) is 4.72. The van der Waals surface area contributed by atoms with Crippen molar-refractivity contribution in [3.05, 3.63) is 81.7 Å². The summed E-state index contributed by atoms with van der Waals surface area (Å²) in [5.41, 5.74) is 5.22. The van der Waals surface area contributed by atoms with Gasteiger partial charge in [-0.05, 0) is 36.1 Å². The number of nitrogens with one attached hydrogen (secondary N) is 1. The minimum Gasteiger partial charge on any atom is -0.343 e. The van der Waals surface area contributed by atoms with Gasteiger partial charge in [-0.2, -0.15) is 0 Å². The number of fused-ring (bicyclic) bond motifs is 2. The Morgan fingerprint density at radius 3 is 2.80 bits per heavy atom. The number of halogens is 2. The first-order valence-electron chi connectivity index (χ1n) is 9.69. The SMILES string of the molecule is Cn1c(C(=O)NC2CCc3ccccc32)nc2c(-c3cccc(Cl)c3Cl)ccnc21. The summed E-state index contributed by atoms with van der Waals surface area (Å²) in [4.78, 5) is 22.2. The van der Waals surface area contributed by atoms with Crippen molar-refractivity contribution in [2.75, 3.05) is 0 Å². The van der Waals surface area contributed by atoms with E-state index < -0.39 is 0 Å². The van der Waals surface area contributed by atoms with E-state index in [0.29, 0.717) is 27.0 Å². The Hall–Kier alpha value is -2.89. The summed E-state index contributed by atoms with van der Waals surface area (Å²) >= 11 is 12.6. The molecule has 7 heteroatoms. The zero-order valence-electron chi connectivity index (χ0n) is 16.2. The van der Waals surface area contributed by atoms with Crippen LogP contribution in [0.4, 0.5) is 0 Å². The summed E-state index contributed by atoms with van der Waals surface area (Å²) in [5, 5.41) is 4.05. The van der Waals surface area contributed by atoms with Crippen molar-refractivity contribution in [2.24, 2.45) is 7.05 Å². The van der Waals surface area contributed by atoms with Crippen molar-refractivity contribution in [1.82, 2.24) is 19.9 Å². The van der Waals surface area contributed by atoms with Gasteiger partial charge < -0.3 is 9.88 Å². The van der Waals surface area contributed by atoms with Gasteiger partial charge in [0, 0.05) is 24.4 Å². The summed E-state index contributed by atoms with van der Waals surface area (Å²) < 4.78 is 1.72. The Bertz CT molecular complexity index is 1300. The van der Waals surface area contributed by atoms with E-state index in [4.69, 9.17) is 23.2 Å². The molecule has 1 atom stereocenters. The van der Waals surface area contributed by atoms with E-state index in [1.807, 2.05) is 30.3 Å². The molecule has 0 fully saturated rings. The Balaban J connectivity index is 1.54. The van der Waals surface area contributed by atoms with E-state index in [2.05, 4.69) is 27.4 Å². The number of carbonyl (C=O) groups excluding carboxylic acids is 1. The number of benzene rings is 2. The molecule has 1 aliphatic carbocycles. The molecule has 30 heavy (non-hydrogen) atoms. The van der Waals surface area contributed by atoms with Gasteiger partial charge >= 0.3 is 0 Å². The van der Waals surface area contributed by atoms with Crippen LogP contribution >= 0.6 is 23.2 Å². The highest BCUT2D eigenvalue weighted by Gasteiger charge is 2.26. The monoisotopic (exact) mass is 436 g/mol. The van der Waals surface area contributed by atoms with E-state index >= 15 is 0 Å². The maximum Gasteiger partial charge on any atom is 0.287 e. The zero-order valence-corrected chi connectivity index (χ0v) is 17.7. The molecule has 0 aliphatic heterocycles. The molecule has 1 unspecified atom stereocenters. The van der Waals surface area contributed by atoms with E-state index in [0.717, 1.165) is 24.0 Å². The summed E-state index contributed by atoms with van der Waals surface area (Å²) in [6.45, 7) is 0. The van der Waals surface area contributed by atoms with E-state index in [9.17, 15) is 4.79 Å². The molecule has 5 rings (SSSR count). The van der Waals surface area contributed by atoms with Crippen LogP contribution < -0.4 is 5.32 Å². The lowest BCUT2D eigenvalue weighted by Crippen LogP contribution is -2.29. The molecule has 1 amide bonds. The number of hydrogen-bond donors (Lipinski definition) is 1. The Morgan fingerprint density at radius 1 is 1.10 bits per heavy atom. The van der Waals surface area contributed by atoms with Gasteiger partial charge in [0.25, 0.3) is 5.91 Å². The molecule has 0 bridgehead atoms. The number of hydrogen-bond acceptors (Lipinski definition) is 3. The standard InChI is InChI=1S/C23H18Cl2N4O/c1-29-21-20(16(11-12-26-21)15-7-4-8-17(24)19(15)25)28-22(29)23(30)27-18-10-9-13-5-2-3-6-14(13)18/h2-8,11-12,18H,9-10H2,1H3,(H,27,30). The number of pyridine rings is 1. The largest absolute Gasteiger partial charge is 0.343 e. The van der Waals surface area contributed by atoms with E-state index in [-0.39, 0.29) is 11.9 Å². The van der Waals surface area contributed by atoms with Gasteiger partial charge in [0.05, 0.1) is 16.1 Å². The van der Waals surface area contributed by atoms with Crippen LogP contribution in [0.2, 0.25) is 10.0 Å². The molecular weight excluding hydrogens is 419 g/mol. The third-order valence-electron chi connectivity index (χ3n) is 5.64. The highest BCUT2D eigenvalue weighted by molar-refractivity contribution is 6.43. The topological polar surface area (TPSA) is 59.8 Å². The molecule has 4 aromatic rings. The first-order valence-corrected chi connectivity index (χ1v) is 10.4. The minimum atomic E-state index is -0.222. The maximum atomic E-state index is 13.1. The summed E-state index contributed by atoms with van der Waals surface area (Å²) in [6, 6.07) is 15.5. The molecule has 0 saturated carbocycles. The lowest BCUT2D eigenvalue weighted by molar-refractivity contribution is 0.0923. The molecule has 5 nitrogen and oxygen atoms in total. The second-order valence-electron chi connectivity index (χ2n) is 7.39. The number of aryl methyl sites for hydroxylation is 2. The lowest BCUT2D eigenvalue weighted by Gasteiger charge is -2.13. The summed E-state index contributed by atoms with van der Waals surface area (Å²) in [5.74, 6) is 0.0906. The number of amides is 1. The van der Waals surface area contributed by atoms with E-state index in [1.54, 1.807) is 23.9 Å². The molecular formula is C23H18Cl2N4O.